The number of benzene rings is 2. The minimum atomic E-state index is -0.303. The molecule has 0 radical (unpaired) electrons. The van der Waals surface area contributed by atoms with Gasteiger partial charge in [0.25, 0.3) is 0 Å². The molecule has 4 heteroatoms. The summed E-state index contributed by atoms with van der Waals surface area (Å²) in [4.78, 5) is 13.4. The third-order valence-electron chi connectivity index (χ3n) is 2.90. The van der Waals surface area contributed by atoms with E-state index in [1.807, 2.05) is 36.6 Å². The van der Waals surface area contributed by atoms with Crippen LogP contribution in [0, 0.1) is 11.3 Å². The Kier molecular flexibility index (Phi) is 5.21. The molecule has 0 bridgehead atoms. The van der Waals surface area contributed by atoms with Gasteiger partial charge in [-0.1, -0.05) is 23.7 Å². The quantitative estimate of drug-likeness (QED) is 0.350. The van der Waals surface area contributed by atoms with Gasteiger partial charge in [-0.3, -0.25) is 4.79 Å². The fourth-order valence-electron chi connectivity index (χ4n) is 1.77. The van der Waals surface area contributed by atoms with E-state index >= 15 is 0 Å². The van der Waals surface area contributed by atoms with Crippen molar-refractivity contribution in [2.75, 3.05) is 6.26 Å². The average molecular weight is 314 g/mol. The molecule has 0 aliphatic carbocycles. The zero-order valence-electron chi connectivity index (χ0n) is 11.3. The van der Waals surface area contributed by atoms with Crippen LogP contribution in [0.3, 0.4) is 0 Å². The smallest absolute Gasteiger partial charge is 0.203 e. The Labute approximate surface area is 133 Å². The molecule has 0 aliphatic heterocycles. The maximum atomic E-state index is 12.3. The maximum absolute atomic E-state index is 12.3. The molecule has 2 nitrogen and oxygen atoms in total. The van der Waals surface area contributed by atoms with Gasteiger partial charge in [-0.15, -0.1) is 11.8 Å². The van der Waals surface area contributed by atoms with E-state index in [0.717, 1.165) is 10.5 Å². The molecule has 2 rings (SSSR count). The first-order valence-electron chi connectivity index (χ1n) is 6.20. The number of carbonyl (C=O) groups is 1. The van der Waals surface area contributed by atoms with Crippen LogP contribution >= 0.6 is 23.4 Å². The molecule has 0 N–H and O–H groups in total. The van der Waals surface area contributed by atoms with Crippen LogP contribution in [0.4, 0.5) is 0 Å². The highest BCUT2D eigenvalue weighted by atomic mass is 35.5. The standard InChI is InChI=1S/C17H12ClNOS/c1-21-16-8-2-12(3-9-16)10-14(11-19)17(20)13-4-6-15(18)7-5-13/h2-10H,1H3/b14-10+. The van der Waals surface area contributed by atoms with Crippen molar-refractivity contribution in [1.82, 2.24) is 0 Å². The number of hydrogen-bond donors (Lipinski definition) is 0. The van der Waals surface area contributed by atoms with Crippen molar-refractivity contribution in [3.05, 3.63) is 70.3 Å². The van der Waals surface area contributed by atoms with Gasteiger partial charge in [-0.2, -0.15) is 5.26 Å². The molecule has 0 fully saturated rings. The number of thioether (sulfide) groups is 1. The van der Waals surface area contributed by atoms with Gasteiger partial charge in [0.15, 0.2) is 0 Å². The number of allylic oxidation sites excluding steroid dienone is 1. The fourth-order valence-corrected chi connectivity index (χ4v) is 2.31. The zero-order chi connectivity index (χ0) is 15.2. The minimum absolute atomic E-state index is 0.106. The second-order valence-electron chi connectivity index (χ2n) is 4.28. The molecule has 0 aromatic heterocycles. The van der Waals surface area contributed by atoms with Gasteiger partial charge in [0, 0.05) is 15.5 Å². The largest absolute Gasteiger partial charge is 0.288 e. The summed E-state index contributed by atoms with van der Waals surface area (Å²) in [5.74, 6) is -0.303. The number of Topliss-reactive ketones (excluding diaryl/α,β-unsaturated/α-hetero) is 1. The predicted octanol–water partition coefficient (Wildman–Crippen LogP) is 4.85. The van der Waals surface area contributed by atoms with E-state index < -0.39 is 0 Å². The van der Waals surface area contributed by atoms with Crippen molar-refractivity contribution in [2.24, 2.45) is 0 Å². The molecule has 0 atom stereocenters. The summed E-state index contributed by atoms with van der Waals surface area (Å²) in [6.07, 6.45) is 3.59. The van der Waals surface area contributed by atoms with E-state index in [0.29, 0.717) is 10.6 Å². The lowest BCUT2D eigenvalue weighted by Gasteiger charge is -2.01. The van der Waals surface area contributed by atoms with Gasteiger partial charge in [0.1, 0.15) is 11.6 Å². The lowest BCUT2D eigenvalue weighted by Crippen LogP contribution is -2.01. The molecule has 104 valence electrons. The monoisotopic (exact) mass is 313 g/mol. The average Bonchev–Trinajstić information content (AvgIpc) is 2.53. The Balaban J connectivity index is 2.29. The van der Waals surface area contributed by atoms with Crippen molar-refractivity contribution in [3.8, 4) is 6.07 Å². The van der Waals surface area contributed by atoms with E-state index in [1.165, 1.54) is 0 Å². The summed E-state index contributed by atoms with van der Waals surface area (Å²) in [6, 6.07) is 16.2. The number of halogens is 1. The molecule has 2 aromatic rings. The Hall–Kier alpha value is -2.02. The SMILES string of the molecule is CSc1ccc(/C=C(\C#N)C(=O)c2ccc(Cl)cc2)cc1. The fraction of sp³-hybridized carbons (Fsp3) is 0.0588. The first-order valence-corrected chi connectivity index (χ1v) is 7.80. The van der Waals surface area contributed by atoms with Gasteiger partial charge in [-0.25, -0.2) is 0 Å². The predicted molar refractivity (Wildman–Crippen MR) is 87.6 cm³/mol. The highest BCUT2D eigenvalue weighted by molar-refractivity contribution is 7.98. The normalized spacial score (nSPS) is 11.0. The third-order valence-corrected chi connectivity index (χ3v) is 3.89. The second-order valence-corrected chi connectivity index (χ2v) is 5.60. The Morgan fingerprint density at radius 2 is 1.76 bits per heavy atom. The van der Waals surface area contributed by atoms with Gasteiger partial charge >= 0.3 is 0 Å². The van der Waals surface area contributed by atoms with Crippen molar-refractivity contribution < 1.29 is 4.79 Å². The molecule has 0 spiro atoms. The molecule has 0 aliphatic rings. The van der Waals surface area contributed by atoms with E-state index in [2.05, 4.69) is 0 Å². The second kappa shape index (κ2) is 7.12. The molecule has 2 aromatic carbocycles. The van der Waals surface area contributed by atoms with E-state index in [9.17, 15) is 10.1 Å². The number of carbonyl (C=O) groups excluding carboxylic acids is 1. The van der Waals surface area contributed by atoms with Crippen molar-refractivity contribution in [2.45, 2.75) is 4.90 Å². The Morgan fingerprint density at radius 3 is 2.29 bits per heavy atom. The van der Waals surface area contributed by atoms with Crippen LogP contribution in [0.5, 0.6) is 0 Å². The summed E-state index contributed by atoms with van der Waals surface area (Å²) in [5, 5.41) is 9.76. The molecule has 0 saturated heterocycles. The summed E-state index contributed by atoms with van der Waals surface area (Å²) >= 11 is 7.44. The van der Waals surface area contributed by atoms with Crippen molar-refractivity contribution in [3.63, 3.8) is 0 Å². The first kappa shape index (κ1) is 15.4. The van der Waals surface area contributed by atoms with Gasteiger partial charge in [0.05, 0.1) is 0 Å². The molecule has 0 heterocycles. The number of nitrogens with zero attached hydrogens (tertiary/aromatic N) is 1. The Morgan fingerprint density at radius 1 is 1.14 bits per heavy atom. The lowest BCUT2D eigenvalue weighted by molar-refractivity contribution is 0.104. The van der Waals surface area contributed by atoms with Crippen LogP contribution in [-0.2, 0) is 0 Å². The van der Waals surface area contributed by atoms with Gasteiger partial charge in [0.2, 0.25) is 5.78 Å². The molecule has 0 amide bonds. The molecule has 0 unspecified atom stereocenters. The number of rotatable bonds is 4. The summed E-state index contributed by atoms with van der Waals surface area (Å²) in [5.41, 5.74) is 1.38. The number of hydrogen-bond acceptors (Lipinski definition) is 3. The minimum Gasteiger partial charge on any atom is -0.288 e. The van der Waals surface area contributed by atoms with E-state index in [-0.39, 0.29) is 11.4 Å². The summed E-state index contributed by atoms with van der Waals surface area (Å²) < 4.78 is 0. The zero-order valence-corrected chi connectivity index (χ0v) is 12.9. The topological polar surface area (TPSA) is 40.9 Å². The summed E-state index contributed by atoms with van der Waals surface area (Å²) in [7, 11) is 0. The number of ketones is 1. The van der Waals surface area contributed by atoms with Gasteiger partial charge < -0.3 is 0 Å². The molecule has 21 heavy (non-hydrogen) atoms. The van der Waals surface area contributed by atoms with Gasteiger partial charge in [-0.05, 0) is 54.3 Å². The molecule has 0 saturated carbocycles. The van der Waals surface area contributed by atoms with Crippen molar-refractivity contribution >= 4 is 35.2 Å². The van der Waals surface area contributed by atoms with Crippen LogP contribution < -0.4 is 0 Å². The van der Waals surface area contributed by atoms with Crippen LogP contribution in [0.1, 0.15) is 15.9 Å². The van der Waals surface area contributed by atoms with Crippen LogP contribution in [0.2, 0.25) is 5.02 Å². The van der Waals surface area contributed by atoms with Crippen molar-refractivity contribution in [1.29, 1.82) is 5.26 Å². The first-order chi connectivity index (χ1) is 10.1. The highest BCUT2D eigenvalue weighted by Gasteiger charge is 2.11. The van der Waals surface area contributed by atoms with E-state index in [4.69, 9.17) is 11.6 Å². The lowest BCUT2D eigenvalue weighted by atomic mass is 10.0. The third kappa shape index (κ3) is 3.98. The van der Waals surface area contributed by atoms with E-state index in [1.54, 1.807) is 42.1 Å². The number of nitriles is 1. The molecular formula is C17H12ClNOS. The van der Waals surface area contributed by atoms with Crippen LogP contribution in [0.25, 0.3) is 6.08 Å². The highest BCUT2D eigenvalue weighted by Crippen LogP contribution is 2.18. The summed E-state index contributed by atoms with van der Waals surface area (Å²) in [6.45, 7) is 0. The van der Waals surface area contributed by atoms with Crippen LogP contribution in [-0.4, -0.2) is 12.0 Å². The van der Waals surface area contributed by atoms with Crippen LogP contribution in [0.15, 0.2) is 59.0 Å². The molecular weight excluding hydrogens is 302 g/mol. The Bertz CT molecular complexity index is 712. The maximum Gasteiger partial charge on any atom is 0.203 e.